The van der Waals surface area contributed by atoms with Crippen molar-refractivity contribution in [3.05, 3.63) is 22.6 Å². The molecule has 88 valence electrons. The maximum absolute atomic E-state index is 11.0. The van der Waals surface area contributed by atoms with Crippen LogP contribution in [0.15, 0.2) is 21.2 Å². The van der Waals surface area contributed by atoms with Gasteiger partial charge in [-0.2, -0.15) is 0 Å². The predicted octanol–water partition coefficient (Wildman–Crippen LogP) is 1.06. The van der Waals surface area contributed by atoms with Crippen LogP contribution in [0.2, 0.25) is 0 Å². The van der Waals surface area contributed by atoms with Crippen molar-refractivity contribution in [3.8, 4) is 0 Å². The first-order valence-corrected chi connectivity index (χ1v) is 5.74. The Bertz CT molecular complexity index is 392. The predicted molar refractivity (Wildman–Crippen MR) is 58.9 cm³/mol. The van der Waals surface area contributed by atoms with Crippen LogP contribution in [0, 0.1) is 0 Å². The Morgan fingerprint density at radius 3 is 2.94 bits per heavy atom. The van der Waals surface area contributed by atoms with E-state index >= 15 is 0 Å². The molecule has 5 nitrogen and oxygen atoms in total. The van der Waals surface area contributed by atoms with Gasteiger partial charge in [-0.3, -0.25) is 9.69 Å². The molecule has 1 fully saturated rings. The van der Waals surface area contributed by atoms with Crippen molar-refractivity contribution in [1.82, 2.24) is 4.90 Å². The molecule has 6 heteroatoms. The van der Waals surface area contributed by atoms with Gasteiger partial charge in [-0.05, 0) is 28.1 Å². The summed E-state index contributed by atoms with van der Waals surface area (Å²) in [5.74, 6) is -0.214. The molecule has 0 saturated carbocycles. The second-order valence-electron chi connectivity index (χ2n) is 3.88. The topological polar surface area (TPSA) is 73.9 Å². The molecule has 1 aromatic rings. The molecule has 2 rings (SSSR count). The Morgan fingerprint density at radius 2 is 2.38 bits per heavy atom. The van der Waals surface area contributed by atoms with Crippen molar-refractivity contribution in [2.24, 2.45) is 0 Å². The number of hydrogen-bond donors (Lipinski definition) is 2. The van der Waals surface area contributed by atoms with E-state index in [9.17, 15) is 9.90 Å². The lowest BCUT2D eigenvalue weighted by Gasteiger charge is -2.18. The third kappa shape index (κ3) is 2.45. The van der Waals surface area contributed by atoms with Crippen LogP contribution in [-0.4, -0.2) is 39.8 Å². The molecule has 1 saturated heterocycles. The van der Waals surface area contributed by atoms with Gasteiger partial charge in [0.2, 0.25) is 0 Å². The molecule has 1 aliphatic rings. The molecule has 1 aromatic heterocycles. The molecule has 16 heavy (non-hydrogen) atoms. The molecular formula is C10H12BrNO4. The van der Waals surface area contributed by atoms with E-state index in [4.69, 9.17) is 9.52 Å². The molecule has 0 spiro atoms. The third-order valence-corrected chi connectivity index (χ3v) is 3.08. The fraction of sp³-hybridized carbons (Fsp3) is 0.500. The van der Waals surface area contributed by atoms with E-state index in [1.165, 1.54) is 0 Å². The van der Waals surface area contributed by atoms with Crippen LogP contribution in [0.5, 0.6) is 0 Å². The van der Waals surface area contributed by atoms with Crippen LogP contribution in [0.1, 0.15) is 12.2 Å². The molecule has 0 radical (unpaired) electrons. The monoisotopic (exact) mass is 289 g/mol. The summed E-state index contributed by atoms with van der Waals surface area (Å²) in [4.78, 5) is 12.7. The van der Waals surface area contributed by atoms with Crippen LogP contribution in [0.4, 0.5) is 0 Å². The number of carboxylic acid groups (broad SMARTS) is 1. The Hall–Kier alpha value is -0.850. The van der Waals surface area contributed by atoms with Gasteiger partial charge in [0.1, 0.15) is 11.8 Å². The van der Waals surface area contributed by atoms with Gasteiger partial charge >= 0.3 is 5.97 Å². The Morgan fingerprint density at radius 1 is 1.62 bits per heavy atom. The highest BCUT2D eigenvalue weighted by Gasteiger charge is 2.36. The van der Waals surface area contributed by atoms with Gasteiger partial charge in [0, 0.05) is 13.0 Å². The van der Waals surface area contributed by atoms with E-state index in [-0.39, 0.29) is 6.42 Å². The van der Waals surface area contributed by atoms with E-state index in [1.54, 1.807) is 17.0 Å². The van der Waals surface area contributed by atoms with Crippen molar-refractivity contribution in [2.45, 2.75) is 25.1 Å². The average molecular weight is 290 g/mol. The number of aliphatic hydroxyl groups is 1. The number of furan rings is 1. The molecule has 2 atom stereocenters. The minimum absolute atomic E-state index is 0.275. The number of halogens is 1. The summed E-state index contributed by atoms with van der Waals surface area (Å²) < 4.78 is 5.93. The fourth-order valence-corrected chi connectivity index (χ4v) is 2.29. The molecule has 0 amide bonds. The van der Waals surface area contributed by atoms with Crippen LogP contribution in [0.3, 0.4) is 0 Å². The van der Waals surface area contributed by atoms with E-state index in [2.05, 4.69) is 15.9 Å². The minimum atomic E-state index is -0.901. The highest BCUT2D eigenvalue weighted by molar-refractivity contribution is 9.10. The Kier molecular flexibility index (Phi) is 3.32. The van der Waals surface area contributed by atoms with Gasteiger partial charge in [0.25, 0.3) is 0 Å². The van der Waals surface area contributed by atoms with Crippen LogP contribution >= 0.6 is 15.9 Å². The third-order valence-electron chi connectivity index (χ3n) is 2.65. The molecule has 0 aliphatic carbocycles. The smallest absolute Gasteiger partial charge is 0.321 e. The summed E-state index contributed by atoms with van der Waals surface area (Å²) in [5, 5.41) is 18.4. The molecule has 0 aromatic carbocycles. The molecule has 2 N–H and O–H groups in total. The number of rotatable bonds is 3. The highest BCUT2D eigenvalue weighted by Crippen LogP contribution is 2.22. The van der Waals surface area contributed by atoms with Gasteiger partial charge in [-0.15, -0.1) is 0 Å². The molecule has 2 unspecified atom stereocenters. The van der Waals surface area contributed by atoms with Crippen molar-refractivity contribution in [3.63, 3.8) is 0 Å². The van der Waals surface area contributed by atoms with Gasteiger partial charge in [-0.25, -0.2) is 0 Å². The first-order valence-electron chi connectivity index (χ1n) is 4.95. The zero-order chi connectivity index (χ0) is 11.7. The number of aliphatic hydroxyl groups excluding tert-OH is 1. The average Bonchev–Trinajstić information content (AvgIpc) is 2.74. The lowest BCUT2D eigenvalue weighted by atomic mass is 10.2. The zero-order valence-corrected chi connectivity index (χ0v) is 10.1. The second-order valence-corrected chi connectivity index (χ2v) is 4.66. The van der Waals surface area contributed by atoms with E-state index in [0.29, 0.717) is 23.5 Å². The molecule has 2 heterocycles. The number of carboxylic acids is 1. The number of β-amino-alcohol motifs (C(OH)–C–C–N with tert-alkyl or cyclic N) is 1. The first-order chi connectivity index (χ1) is 7.56. The highest BCUT2D eigenvalue weighted by atomic mass is 79.9. The fourth-order valence-electron chi connectivity index (χ4n) is 1.95. The van der Waals surface area contributed by atoms with E-state index in [1.807, 2.05) is 0 Å². The minimum Gasteiger partial charge on any atom is -0.480 e. The largest absolute Gasteiger partial charge is 0.480 e. The quantitative estimate of drug-likeness (QED) is 0.871. The summed E-state index contributed by atoms with van der Waals surface area (Å²) >= 11 is 3.19. The summed E-state index contributed by atoms with van der Waals surface area (Å²) in [6.45, 7) is 0.773. The summed E-state index contributed by atoms with van der Waals surface area (Å²) in [5.41, 5.74) is 0. The van der Waals surface area contributed by atoms with Crippen LogP contribution in [0.25, 0.3) is 0 Å². The second kappa shape index (κ2) is 4.57. The van der Waals surface area contributed by atoms with Crippen molar-refractivity contribution in [1.29, 1.82) is 0 Å². The number of hydrogen-bond acceptors (Lipinski definition) is 4. The van der Waals surface area contributed by atoms with Crippen molar-refractivity contribution >= 4 is 21.9 Å². The Labute approximate surface area is 101 Å². The Balaban J connectivity index is 2.05. The molecule has 1 aliphatic heterocycles. The number of likely N-dealkylation sites (tertiary alicyclic amines) is 1. The van der Waals surface area contributed by atoms with Gasteiger partial charge in [0.05, 0.1) is 12.6 Å². The lowest BCUT2D eigenvalue weighted by Crippen LogP contribution is -2.35. The summed E-state index contributed by atoms with van der Waals surface area (Å²) in [6.07, 6.45) is -0.295. The number of nitrogens with zero attached hydrogens (tertiary/aromatic N) is 1. The number of aliphatic carboxylic acids is 1. The molecular weight excluding hydrogens is 278 g/mol. The first kappa shape index (κ1) is 11.6. The summed E-state index contributed by atoms with van der Waals surface area (Å²) in [6, 6.07) is 2.92. The number of carbonyl (C=O) groups is 1. The lowest BCUT2D eigenvalue weighted by molar-refractivity contribution is -0.142. The van der Waals surface area contributed by atoms with E-state index < -0.39 is 18.1 Å². The van der Waals surface area contributed by atoms with E-state index in [0.717, 1.165) is 0 Å². The maximum Gasteiger partial charge on any atom is 0.321 e. The van der Waals surface area contributed by atoms with Crippen LogP contribution in [-0.2, 0) is 11.3 Å². The standard InChI is InChI=1S/C10H12BrNO4/c11-9-2-1-7(16-9)5-12-4-6(13)3-8(12)10(14)15/h1-2,6,8,13H,3-5H2,(H,14,15). The van der Waals surface area contributed by atoms with Crippen molar-refractivity contribution in [2.75, 3.05) is 6.54 Å². The molecule has 0 bridgehead atoms. The SMILES string of the molecule is O=C(O)C1CC(O)CN1Cc1ccc(Br)o1. The zero-order valence-electron chi connectivity index (χ0n) is 8.47. The van der Waals surface area contributed by atoms with Crippen LogP contribution < -0.4 is 0 Å². The van der Waals surface area contributed by atoms with Crippen molar-refractivity contribution < 1.29 is 19.4 Å². The summed E-state index contributed by atoms with van der Waals surface area (Å²) in [7, 11) is 0. The van der Waals surface area contributed by atoms with Gasteiger partial charge in [-0.1, -0.05) is 0 Å². The normalized spacial score (nSPS) is 26.1. The maximum atomic E-state index is 11.0. The van der Waals surface area contributed by atoms with Gasteiger partial charge in [0.15, 0.2) is 4.67 Å². The van der Waals surface area contributed by atoms with Gasteiger partial charge < -0.3 is 14.6 Å².